The molecule has 0 aliphatic carbocycles. The Hall–Kier alpha value is -2.29. The summed E-state index contributed by atoms with van der Waals surface area (Å²) in [5.41, 5.74) is 0.539. The van der Waals surface area contributed by atoms with E-state index in [0.29, 0.717) is 23.0 Å². The third-order valence-electron chi connectivity index (χ3n) is 5.04. The Balaban J connectivity index is 1.51. The van der Waals surface area contributed by atoms with Gasteiger partial charge >= 0.3 is 6.61 Å². The van der Waals surface area contributed by atoms with Crippen LogP contribution < -0.4 is 24.8 Å². The Bertz CT molecular complexity index is 679. The van der Waals surface area contributed by atoms with Crippen LogP contribution in [0, 0.1) is 5.92 Å². The Morgan fingerprint density at radius 3 is 2.64 bits per heavy atom. The molecule has 2 heterocycles. The van der Waals surface area contributed by atoms with Crippen molar-refractivity contribution in [3.63, 3.8) is 0 Å². The first kappa shape index (κ1) is 20.4. The van der Waals surface area contributed by atoms with Crippen molar-refractivity contribution < 1.29 is 23.0 Å². The highest BCUT2D eigenvalue weighted by molar-refractivity contribution is 5.79. The van der Waals surface area contributed by atoms with Crippen LogP contribution in [0.3, 0.4) is 0 Å². The number of nitrogens with one attached hydrogen (secondary N) is 2. The second-order valence-electron chi connectivity index (χ2n) is 7.07. The zero-order valence-corrected chi connectivity index (χ0v) is 16.3. The second-order valence-corrected chi connectivity index (χ2v) is 7.07. The normalized spacial score (nSPS) is 17.8. The minimum Gasteiger partial charge on any atom is -0.454 e. The van der Waals surface area contributed by atoms with Crippen molar-refractivity contribution in [2.45, 2.75) is 32.9 Å². The van der Waals surface area contributed by atoms with Gasteiger partial charge in [-0.25, -0.2) is 0 Å². The van der Waals surface area contributed by atoms with Crippen LogP contribution in [0.1, 0.15) is 25.3 Å². The third kappa shape index (κ3) is 5.60. The summed E-state index contributed by atoms with van der Waals surface area (Å²) in [6, 6.07) is 3.08. The monoisotopic (exact) mass is 398 g/mol. The quantitative estimate of drug-likeness (QED) is 0.543. The summed E-state index contributed by atoms with van der Waals surface area (Å²) in [4.78, 5) is 6.63. The summed E-state index contributed by atoms with van der Waals surface area (Å²) >= 11 is 0. The molecule has 9 heteroatoms. The average Bonchev–Trinajstić information content (AvgIpc) is 3.12. The molecule has 2 aliphatic rings. The number of piperidine rings is 1. The van der Waals surface area contributed by atoms with E-state index in [1.165, 1.54) is 18.9 Å². The Kier molecular flexibility index (Phi) is 7.13. The van der Waals surface area contributed by atoms with Crippen LogP contribution in [0.5, 0.6) is 17.2 Å². The molecule has 0 spiro atoms. The average molecular weight is 398 g/mol. The van der Waals surface area contributed by atoms with Gasteiger partial charge in [0, 0.05) is 38.3 Å². The van der Waals surface area contributed by atoms with Crippen molar-refractivity contribution in [1.29, 1.82) is 0 Å². The SMILES string of the molecule is CN=C(NCCN1CCC(C)CC1)NCc1cc2c(cc1OC(F)F)OCO2. The van der Waals surface area contributed by atoms with Crippen molar-refractivity contribution in [2.75, 3.05) is 40.0 Å². The fraction of sp³-hybridized carbons (Fsp3) is 0.632. The molecule has 2 aliphatic heterocycles. The van der Waals surface area contributed by atoms with Crippen molar-refractivity contribution in [3.05, 3.63) is 17.7 Å². The maximum absolute atomic E-state index is 12.7. The van der Waals surface area contributed by atoms with E-state index >= 15 is 0 Å². The van der Waals surface area contributed by atoms with E-state index in [4.69, 9.17) is 9.47 Å². The Morgan fingerprint density at radius 1 is 1.25 bits per heavy atom. The molecule has 0 saturated carbocycles. The first-order chi connectivity index (χ1) is 13.5. The molecule has 1 aromatic carbocycles. The van der Waals surface area contributed by atoms with E-state index in [1.807, 2.05) is 0 Å². The first-order valence-electron chi connectivity index (χ1n) is 9.59. The highest BCUT2D eigenvalue weighted by Crippen LogP contribution is 2.38. The first-order valence-corrected chi connectivity index (χ1v) is 9.59. The third-order valence-corrected chi connectivity index (χ3v) is 5.04. The van der Waals surface area contributed by atoms with Gasteiger partial charge in [0.15, 0.2) is 17.5 Å². The predicted octanol–water partition coefficient (Wildman–Crippen LogP) is 2.41. The van der Waals surface area contributed by atoms with Crippen molar-refractivity contribution >= 4 is 5.96 Å². The van der Waals surface area contributed by atoms with Gasteiger partial charge in [0.2, 0.25) is 6.79 Å². The van der Waals surface area contributed by atoms with Crippen LogP contribution >= 0.6 is 0 Å². The molecule has 0 amide bonds. The molecule has 0 bridgehead atoms. The van der Waals surface area contributed by atoms with Crippen LogP contribution in [-0.2, 0) is 6.54 Å². The summed E-state index contributed by atoms with van der Waals surface area (Å²) in [6.07, 6.45) is 2.48. The zero-order chi connectivity index (χ0) is 19.9. The molecular formula is C19H28F2N4O3. The Morgan fingerprint density at radius 2 is 1.96 bits per heavy atom. The number of benzene rings is 1. The van der Waals surface area contributed by atoms with Gasteiger partial charge in [0.25, 0.3) is 0 Å². The summed E-state index contributed by atoms with van der Waals surface area (Å²) < 4.78 is 40.6. The minimum absolute atomic E-state index is 0.0599. The van der Waals surface area contributed by atoms with Gasteiger partial charge in [0.05, 0.1) is 0 Å². The van der Waals surface area contributed by atoms with E-state index in [0.717, 1.165) is 32.1 Å². The fourth-order valence-electron chi connectivity index (χ4n) is 3.33. The zero-order valence-electron chi connectivity index (χ0n) is 16.3. The van der Waals surface area contributed by atoms with Crippen molar-refractivity contribution in [3.8, 4) is 17.2 Å². The van der Waals surface area contributed by atoms with Crippen LogP contribution in [-0.4, -0.2) is 57.5 Å². The molecule has 0 atom stereocenters. The van der Waals surface area contributed by atoms with Crippen molar-refractivity contribution in [1.82, 2.24) is 15.5 Å². The number of fused-ring (bicyclic) bond motifs is 1. The molecule has 2 N–H and O–H groups in total. The lowest BCUT2D eigenvalue weighted by Crippen LogP contribution is -2.43. The van der Waals surface area contributed by atoms with Gasteiger partial charge in [-0.15, -0.1) is 0 Å². The van der Waals surface area contributed by atoms with Gasteiger partial charge in [-0.05, 0) is 37.9 Å². The summed E-state index contributed by atoms with van der Waals surface area (Å²) in [6.45, 7) is 3.67. The molecule has 7 nitrogen and oxygen atoms in total. The molecule has 1 fully saturated rings. The maximum Gasteiger partial charge on any atom is 0.387 e. The lowest BCUT2D eigenvalue weighted by molar-refractivity contribution is -0.0505. The smallest absolute Gasteiger partial charge is 0.387 e. The summed E-state index contributed by atoms with van der Waals surface area (Å²) in [5.74, 6) is 2.39. The lowest BCUT2D eigenvalue weighted by Gasteiger charge is -2.30. The van der Waals surface area contributed by atoms with Gasteiger partial charge in [-0.3, -0.25) is 4.99 Å². The van der Waals surface area contributed by atoms with E-state index in [9.17, 15) is 8.78 Å². The number of ether oxygens (including phenoxy) is 3. The number of guanidine groups is 1. The minimum atomic E-state index is -2.91. The molecule has 0 radical (unpaired) electrons. The van der Waals surface area contributed by atoms with Crippen LogP contribution in [0.2, 0.25) is 0 Å². The topological polar surface area (TPSA) is 67.4 Å². The number of hydrogen-bond donors (Lipinski definition) is 2. The highest BCUT2D eigenvalue weighted by Gasteiger charge is 2.20. The molecule has 156 valence electrons. The van der Waals surface area contributed by atoms with Gasteiger partial charge < -0.3 is 29.7 Å². The van der Waals surface area contributed by atoms with Crippen LogP contribution in [0.25, 0.3) is 0 Å². The van der Waals surface area contributed by atoms with Crippen molar-refractivity contribution in [2.24, 2.45) is 10.9 Å². The number of aliphatic imine (C=N–C) groups is 1. The number of alkyl halides is 2. The van der Waals surface area contributed by atoms with E-state index in [-0.39, 0.29) is 19.1 Å². The number of likely N-dealkylation sites (tertiary alicyclic amines) is 1. The van der Waals surface area contributed by atoms with Crippen LogP contribution in [0.4, 0.5) is 8.78 Å². The second kappa shape index (κ2) is 9.77. The van der Waals surface area contributed by atoms with E-state index < -0.39 is 6.61 Å². The molecule has 3 rings (SSSR count). The molecule has 28 heavy (non-hydrogen) atoms. The molecular weight excluding hydrogens is 370 g/mol. The number of hydrogen-bond acceptors (Lipinski definition) is 5. The standard InChI is InChI=1S/C19H28F2N4O3/c1-13-3-6-25(7-4-13)8-5-23-19(22-2)24-11-14-9-16-17(27-12-26-16)10-15(14)28-18(20)21/h9-10,13,18H,3-8,11-12H2,1-2H3,(H2,22,23,24). The fourth-order valence-corrected chi connectivity index (χ4v) is 3.33. The summed E-state index contributed by atoms with van der Waals surface area (Å²) in [5, 5.41) is 6.40. The van der Waals surface area contributed by atoms with Gasteiger partial charge in [-0.2, -0.15) is 8.78 Å². The highest BCUT2D eigenvalue weighted by atomic mass is 19.3. The summed E-state index contributed by atoms with van der Waals surface area (Å²) in [7, 11) is 1.67. The number of halogens is 2. The number of nitrogens with zero attached hydrogens (tertiary/aromatic N) is 2. The molecule has 0 unspecified atom stereocenters. The van der Waals surface area contributed by atoms with Gasteiger partial charge in [-0.1, -0.05) is 6.92 Å². The maximum atomic E-state index is 12.7. The molecule has 1 saturated heterocycles. The predicted molar refractivity (Wildman–Crippen MR) is 102 cm³/mol. The largest absolute Gasteiger partial charge is 0.454 e. The van der Waals surface area contributed by atoms with Crippen LogP contribution in [0.15, 0.2) is 17.1 Å². The van der Waals surface area contributed by atoms with E-state index in [2.05, 4.69) is 32.2 Å². The lowest BCUT2D eigenvalue weighted by atomic mass is 9.99. The number of rotatable bonds is 7. The Labute approximate surface area is 164 Å². The molecule has 1 aromatic rings. The molecule has 0 aromatic heterocycles. The van der Waals surface area contributed by atoms with Gasteiger partial charge in [0.1, 0.15) is 5.75 Å². The van der Waals surface area contributed by atoms with E-state index in [1.54, 1.807) is 13.1 Å².